The van der Waals surface area contributed by atoms with Gasteiger partial charge < -0.3 is 14.4 Å². The number of amides is 2. The van der Waals surface area contributed by atoms with E-state index in [-0.39, 0.29) is 17.6 Å². The zero-order valence-corrected chi connectivity index (χ0v) is 19.5. The van der Waals surface area contributed by atoms with Crippen LogP contribution in [0.5, 0.6) is 11.5 Å². The molecule has 0 unspecified atom stereocenters. The standard InChI is InChI=1S/C26H24N2O4S/c1-17-7-6-8-18(13-17)15-27-21-10-5-4-9-20(21)26(25(27)30)28(24(29)16-33-26)19-11-12-22(31-2)23(14-19)32-3/h4-14H,15-16H2,1-3H3/t26-/m1/s1. The molecule has 3 aromatic carbocycles. The number of carbonyl (C=O) groups is 2. The summed E-state index contributed by atoms with van der Waals surface area (Å²) in [5.41, 5.74) is 4.44. The Kier molecular flexibility index (Phi) is 5.29. The van der Waals surface area contributed by atoms with Gasteiger partial charge in [0.25, 0.3) is 5.91 Å². The Bertz CT molecular complexity index is 1260. The van der Waals surface area contributed by atoms with Gasteiger partial charge in [-0.15, -0.1) is 11.8 Å². The minimum Gasteiger partial charge on any atom is -0.493 e. The fourth-order valence-corrected chi connectivity index (χ4v) is 6.03. The molecule has 168 valence electrons. The number of aryl methyl sites for hydroxylation is 1. The number of methoxy groups -OCH3 is 2. The average Bonchev–Trinajstić information content (AvgIpc) is 3.29. The molecule has 6 nitrogen and oxygen atoms in total. The molecule has 3 aromatic rings. The zero-order chi connectivity index (χ0) is 23.2. The van der Waals surface area contributed by atoms with E-state index in [2.05, 4.69) is 6.07 Å². The highest BCUT2D eigenvalue weighted by atomic mass is 32.2. The van der Waals surface area contributed by atoms with E-state index >= 15 is 0 Å². The van der Waals surface area contributed by atoms with Gasteiger partial charge in [-0.25, -0.2) is 0 Å². The van der Waals surface area contributed by atoms with E-state index in [0.717, 1.165) is 22.4 Å². The number of nitrogens with zero attached hydrogens (tertiary/aromatic N) is 2. The lowest BCUT2D eigenvalue weighted by molar-refractivity contribution is -0.123. The van der Waals surface area contributed by atoms with E-state index in [1.165, 1.54) is 11.8 Å². The number of thioether (sulfide) groups is 1. The van der Waals surface area contributed by atoms with Gasteiger partial charge in [-0.2, -0.15) is 0 Å². The number of fused-ring (bicyclic) bond motifs is 2. The van der Waals surface area contributed by atoms with Crippen molar-refractivity contribution in [1.29, 1.82) is 0 Å². The molecule has 0 aromatic heterocycles. The predicted octanol–water partition coefficient (Wildman–Crippen LogP) is 4.49. The molecule has 1 atom stereocenters. The first kappa shape index (κ1) is 21.4. The van der Waals surface area contributed by atoms with Crippen LogP contribution in [-0.2, 0) is 21.0 Å². The van der Waals surface area contributed by atoms with Gasteiger partial charge in [-0.3, -0.25) is 14.5 Å². The number of ether oxygens (including phenoxy) is 2. The van der Waals surface area contributed by atoms with Gasteiger partial charge in [0.1, 0.15) is 0 Å². The molecular weight excluding hydrogens is 436 g/mol. The quantitative estimate of drug-likeness (QED) is 0.562. The van der Waals surface area contributed by atoms with E-state index in [1.807, 2.05) is 49.4 Å². The first-order valence-electron chi connectivity index (χ1n) is 10.7. The van der Waals surface area contributed by atoms with Crippen LogP contribution >= 0.6 is 11.8 Å². The maximum atomic E-state index is 14.1. The van der Waals surface area contributed by atoms with Gasteiger partial charge in [-0.1, -0.05) is 48.0 Å². The molecule has 1 fully saturated rings. The number of carbonyl (C=O) groups excluding carboxylic acids is 2. The van der Waals surface area contributed by atoms with Gasteiger partial charge >= 0.3 is 0 Å². The fraction of sp³-hybridized carbons (Fsp3) is 0.231. The maximum absolute atomic E-state index is 14.1. The third kappa shape index (κ3) is 3.26. The highest BCUT2D eigenvalue weighted by Gasteiger charge is 2.61. The Labute approximate surface area is 197 Å². The van der Waals surface area contributed by atoms with Crippen molar-refractivity contribution in [3.8, 4) is 11.5 Å². The first-order chi connectivity index (χ1) is 16.0. The van der Waals surface area contributed by atoms with Crippen LogP contribution in [0.4, 0.5) is 11.4 Å². The number of anilines is 2. The van der Waals surface area contributed by atoms with E-state index in [9.17, 15) is 9.59 Å². The number of benzene rings is 3. The van der Waals surface area contributed by atoms with Crippen LogP contribution in [0.3, 0.4) is 0 Å². The van der Waals surface area contributed by atoms with E-state index in [0.29, 0.717) is 23.7 Å². The summed E-state index contributed by atoms with van der Waals surface area (Å²) in [6, 6.07) is 21.2. The molecule has 0 aliphatic carbocycles. The van der Waals surface area contributed by atoms with Gasteiger partial charge in [0.05, 0.1) is 32.2 Å². The number of para-hydroxylation sites is 1. The topological polar surface area (TPSA) is 59.1 Å². The molecule has 0 bridgehead atoms. The largest absolute Gasteiger partial charge is 0.493 e. The Hall–Kier alpha value is -3.45. The van der Waals surface area contributed by atoms with Crippen LogP contribution in [0, 0.1) is 6.92 Å². The number of hydrogen-bond acceptors (Lipinski definition) is 5. The van der Waals surface area contributed by atoms with E-state index in [1.54, 1.807) is 42.2 Å². The normalized spacial score (nSPS) is 19.4. The van der Waals surface area contributed by atoms with Crippen molar-refractivity contribution in [2.75, 3.05) is 29.8 Å². The lowest BCUT2D eigenvalue weighted by atomic mass is 10.0. The molecule has 7 heteroatoms. The molecule has 2 aliphatic heterocycles. The maximum Gasteiger partial charge on any atom is 0.269 e. The first-order valence-corrected chi connectivity index (χ1v) is 11.6. The van der Waals surface area contributed by atoms with Crippen molar-refractivity contribution < 1.29 is 19.1 Å². The highest BCUT2D eigenvalue weighted by molar-refractivity contribution is 8.02. The fourth-order valence-electron chi connectivity index (χ4n) is 4.67. The van der Waals surface area contributed by atoms with Crippen LogP contribution in [0.25, 0.3) is 0 Å². The smallest absolute Gasteiger partial charge is 0.269 e. The summed E-state index contributed by atoms with van der Waals surface area (Å²) in [7, 11) is 3.12. The summed E-state index contributed by atoms with van der Waals surface area (Å²) in [5.74, 6) is 1.05. The van der Waals surface area contributed by atoms with Crippen LogP contribution in [-0.4, -0.2) is 31.8 Å². The molecule has 1 spiro atoms. The molecular formula is C26H24N2O4S. The molecule has 5 rings (SSSR count). The molecule has 2 aliphatic rings. The molecule has 1 saturated heterocycles. The van der Waals surface area contributed by atoms with Crippen molar-refractivity contribution in [1.82, 2.24) is 0 Å². The summed E-state index contributed by atoms with van der Waals surface area (Å²) in [4.78, 5) is 29.6. The molecule has 0 radical (unpaired) electrons. The second-order valence-electron chi connectivity index (χ2n) is 8.10. The monoisotopic (exact) mass is 460 g/mol. The van der Waals surface area contributed by atoms with E-state index in [4.69, 9.17) is 9.47 Å². The van der Waals surface area contributed by atoms with Crippen LogP contribution in [0.1, 0.15) is 16.7 Å². The third-order valence-corrected chi connectivity index (χ3v) is 7.50. The van der Waals surface area contributed by atoms with Crippen LogP contribution < -0.4 is 19.3 Å². The predicted molar refractivity (Wildman–Crippen MR) is 130 cm³/mol. The average molecular weight is 461 g/mol. The van der Waals surface area contributed by atoms with Gasteiger partial charge in [0, 0.05) is 17.3 Å². The summed E-state index contributed by atoms with van der Waals surface area (Å²) >= 11 is 1.37. The molecule has 2 heterocycles. The second kappa shape index (κ2) is 8.15. The Morgan fingerprint density at radius 3 is 2.48 bits per heavy atom. The highest BCUT2D eigenvalue weighted by Crippen LogP contribution is 2.56. The van der Waals surface area contributed by atoms with Crippen LogP contribution in [0.15, 0.2) is 66.7 Å². The zero-order valence-electron chi connectivity index (χ0n) is 18.7. The van der Waals surface area contributed by atoms with Gasteiger partial charge in [0.2, 0.25) is 10.8 Å². The minimum absolute atomic E-state index is 0.115. The minimum atomic E-state index is -1.16. The Balaban J connectivity index is 1.63. The lowest BCUT2D eigenvalue weighted by Crippen LogP contribution is -2.49. The molecule has 2 amide bonds. The van der Waals surface area contributed by atoms with Gasteiger partial charge in [-0.05, 0) is 30.7 Å². The van der Waals surface area contributed by atoms with Crippen molar-refractivity contribution in [3.63, 3.8) is 0 Å². The second-order valence-corrected chi connectivity index (χ2v) is 9.27. The van der Waals surface area contributed by atoms with Gasteiger partial charge in [0.15, 0.2) is 11.5 Å². The lowest BCUT2D eigenvalue weighted by Gasteiger charge is -2.33. The van der Waals surface area contributed by atoms with E-state index < -0.39 is 4.87 Å². The molecule has 0 saturated carbocycles. The summed E-state index contributed by atoms with van der Waals surface area (Å²) in [6.45, 7) is 2.48. The molecule has 33 heavy (non-hydrogen) atoms. The SMILES string of the molecule is COc1ccc(N2C(=O)CS[C@]23C(=O)N(Cc2cccc(C)c2)c2ccccc23)cc1OC. The third-order valence-electron chi connectivity index (χ3n) is 6.11. The summed E-state index contributed by atoms with van der Waals surface area (Å²) in [6.07, 6.45) is 0. The Morgan fingerprint density at radius 2 is 1.73 bits per heavy atom. The summed E-state index contributed by atoms with van der Waals surface area (Å²) < 4.78 is 10.8. The molecule has 0 N–H and O–H groups in total. The van der Waals surface area contributed by atoms with Crippen LogP contribution in [0.2, 0.25) is 0 Å². The Morgan fingerprint density at radius 1 is 0.939 bits per heavy atom. The number of rotatable bonds is 5. The summed E-state index contributed by atoms with van der Waals surface area (Å²) in [5, 5.41) is 0. The van der Waals surface area contributed by atoms with Crippen molar-refractivity contribution in [2.24, 2.45) is 0 Å². The van der Waals surface area contributed by atoms with Crippen molar-refractivity contribution >= 4 is 35.0 Å². The number of hydrogen-bond donors (Lipinski definition) is 0. The van der Waals surface area contributed by atoms with Crippen molar-refractivity contribution in [2.45, 2.75) is 18.3 Å². The van der Waals surface area contributed by atoms with Crippen molar-refractivity contribution in [3.05, 3.63) is 83.4 Å².